The third-order valence-electron chi connectivity index (χ3n) is 5.89. The summed E-state index contributed by atoms with van der Waals surface area (Å²) in [6, 6.07) is 6.31. The van der Waals surface area contributed by atoms with Crippen LogP contribution in [-0.4, -0.2) is 57.5 Å². The van der Waals surface area contributed by atoms with Crippen molar-refractivity contribution in [3.05, 3.63) is 54.2 Å². The van der Waals surface area contributed by atoms with Gasteiger partial charge in [0.05, 0.1) is 24.1 Å². The molecule has 1 fully saturated rings. The molecule has 9 heteroatoms. The van der Waals surface area contributed by atoms with Gasteiger partial charge in [0.25, 0.3) is 5.91 Å². The van der Waals surface area contributed by atoms with Crippen molar-refractivity contribution in [3.8, 4) is 5.75 Å². The fourth-order valence-corrected chi connectivity index (χ4v) is 4.60. The van der Waals surface area contributed by atoms with Gasteiger partial charge in [-0.25, -0.2) is 4.98 Å². The summed E-state index contributed by atoms with van der Waals surface area (Å²) in [5.74, 6) is 0.265. The smallest absolute Gasteiger partial charge is 0.258 e. The minimum atomic E-state index is -0.274. The molecular weight excluding hydrogens is 418 g/mol. The van der Waals surface area contributed by atoms with Crippen molar-refractivity contribution in [2.75, 3.05) is 30.4 Å². The molecule has 1 aliphatic rings. The van der Waals surface area contributed by atoms with E-state index in [4.69, 9.17) is 4.74 Å². The van der Waals surface area contributed by atoms with Crippen molar-refractivity contribution >= 4 is 34.0 Å². The molecule has 1 amide bonds. The number of benzene rings is 1. The monoisotopic (exact) mass is 445 g/mol. The highest BCUT2D eigenvalue weighted by Crippen LogP contribution is 2.30. The summed E-state index contributed by atoms with van der Waals surface area (Å²) in [6.45, 7) is 7.99. The van der Waals surface area contributed by atoms with Crippen LogP contribution in [0.5, 0.6) is 5.75 Å². The van der Waals surface area contributed by atoms with E-state index in [1.807, 2.05) is 29.7 Å². The molecule has 33 heavy (non-hydrogen) atoms. The number of hydrogen-bond acceptors (Lipinski definition) is 7. The van der Waals surface area contributed by atoms with Gasteiger partial charge in [0.15, 0.2) is 0 Å². The predicted molar refractivity (Wildman–Crippen MR) is 128 cm³/mol. The van der Waals surface area contributed by atoms with E-state index >= 15 is 0 Å². The Morgan fingerprint density at radius 2 is 1.85 bits per heavy atom. The lowest BCUT2D eigenvalue weighted by Crippen LogP contribution is -2.54. The molecule has 4 aromatic rings. The van der Waals surface area contributed by atoms with Crippen LogP contribution in [0.3, 0.4) is 0 Å². The first-order chi connectivity index (χ1) is 15.9. The lowest BCUT2D eigenvalue weighted by molar-refractivity contribution is 0.102. The molecule has 2 N–H and O–H groups in total. The first-order valence-corrected chi connectivity index (χ1v) is 11.0. The summed E-state index contributed by atoms with van der Waals surface area (Å²) < 4.78 is 7.36. The predicted octanol–water partition coefficient (Wildman–Crippen LogP) is 3.03. The van der Waals surface area contributed by atoms with Crippen LogP contribution in [0, 0.1) is 6.92 Å². The molecule has 0 aliphatic carbocycles. The molecule has 1 aromatic carbocycles. The molecule has 0 unspecified atom stereocenters. The Bertz CT molecular complexity index is 1340. The quantitative estimate of drug-likeness (QED) is 0.498. The zero-order valence-corrected chi connectivity index (χ0v) is 19.2. The number of nitrogens with zero attached hydrogens (tertiary/aromatic N) is 5. The van der Waals surface area contributed by atoms with Gasteiger partial charge in [-0.2, -0.15) is 0 Å². The zero-order chi connectivity index (χ0) is 23.1. The van der Waals surface area contributed by atoms with Crippen molar-refractivity contribution in [3.63, 3.8) is 0 Å². The van der Waals surface area contributed by atoms with Gasteiger partial charge in [-0.05, 0) is 32.9 Å². The number of amides is 1. The molecule has 9 nitrogen and oxygen atoms in total. The number of fused-ring (bicyclic) bond motifs is 2. The summed E-state index contributed by atoms with van der Waals surface area (Å²) >= 11 is 0. The Morgan fingerprint density at radius 1 is 1.12 bits per heavy atom. The minimum Gasteiger partial charge on any atom is -0.494 e. The molecule has 5 rings (SSSR count). The van der Waals surface area contributed by atoms with Crippen molar-refractivity contribution in [1.29, 1.82) is 0 Å². The molecular formula is C24H27N7O2. The molecule has 3 aromatic heterocycles. The number of carbonyl (C=O) groups excluding carboxylic acids is 1. The minimum absolute atomic E-state index is 0.274. The molecule has 1 saturated heterocycles. The van der Waals surface area contributed by atoms with Gasteiger partial charge >= 0.3 is 0 Å². The highest BCUT2D eigenvalue weighted by molar-refractivity contribution is 6.13. The normalized spacial score (nSPS) is 18.6. The van der Waals surface area contributed by atoms with E-state index in [1.165, 1.54) is 0 Å². The van der Waals surface area contributed by atoms with Gasteiger partial charge in [0, 0.05) is 56.0 Å². The topological polar surface area (TPSA) is 96.7 Å². The Kier molecular flexibility index (Phi) is 5.33. The van der Waals surface area contributed by atoms with Crippen LogP contribution in [0.1, 0.15) is 29.9 Å². The van der Waals surface area contributed by atoms with E-state index in [0.29, 0.717) is 34.6 Å². The number of anilines is 2. The molecule has 170 valence electrons. The first-order valence-electron chi connectivity index (χ1n) is 11.0. The Labute approximate surface area is 191 Å². The molecule has 0 saturated carbocycles. The van der Waals surface area contributed by atoms with Crippen LogP contribution >= 0.6 is 0 Å². The maximum atomic E-state index is 13.3. The Morgan fingerprint density at radius 3 is 2.58 bits per heavy atom. The van der Waals surface area contributed by atoms with E-state index in [-0.39, 0.29) is 5.91 Å². The van der Waals surface area contributed by atoms with Gasteiger partial charge in [-0.3, -0.25) is 14.8 Å². The van der Waals surface area contributed by atoms with Crippen molar-refractivity contribution in [2.45, 2.75) is 32.9 Å². The highest BCUT2D eigenvalue weighted by atomic mass is 16.5. The van der Waals surface area contributed by atoms with Gasteiger partial charge < -0.3 is 24.7 Å². The lowest BCUT2D eigenvalue weighted by atomic mass is 10.1. The third-order valence-corrected chi connectivity index (χ3v) is 5.89. The zero-order valence-electron chi connectivity index (χ0n) is 19.2. The van der Waals surface area contributed by atoms with Gasteiger partial charge in [-0.1, -0.05) is 0 Å². The van der Waals surface area contributed by atoms with Crippen LogP contribution in [0.25, 0.3) is 16.7 Å². The van der Waals surface area contributed by atoms with Crippen molar-refractivity contribution < 1.29 is 9.53 Å². The van der Waals surface area contributed by atoms with Gasteiger partial charge in [-0.15, -0.1) is 0 Å². The van der Waals surface area contributed by atoms with Crippen molar-refractivity contribution in [1.82, 2.24) is 24.7 Å². The number of pyridine rings is 1. The number of aromatic nitrogens is 4. The SMILES string of the molecule is COc1cc2nc(C)cn2cc1NC(=O)c1ccc(N2C[C@@H](C)N[C@@H](C)C2)c2nccnc12. The highest BCUT2D eigenvalue weighted by Gasteiger charge is 2.25. The second kappa shape index (κ2) is 8.32. The van der Waals surface area contributed by atoms with Gasteiger partial charge in [0.2, 0.25) is 0 Å². The van der Waals surface area contributed by atoms with Crippen LogP contribution in [0.4, 0.5) is 11.4 Å². The maximum Gasteiger partial charge on any atom is 0.258 e. The largest absolute Gasteiger partial charge is 0.494 e. The summed E-state index contributed by atoms with van der Waals surface area (Å²) in [5.41, 5.74) is 4.93. The number of methoxy groups -OCH3 is 1. The van der Waals surface area contributed by atoms with E-state index in [9.17, 15) is 4.79 Å². The number of rotatable bonds is 4. The number of ether oxygens (including phenoxy) is 1. The van der Waals surface area contributed by atoms with E-state index in [1.54, 1.807) is 31.8 Å². The van der Waals surface area contributed by atoms with E-state index in [0.717, 1.165) is 35.6 Å². The first kappa shape index (κ1) is 21.1. The molecule has 0 radical (unpaired) electrons. The average molecular weight is 446 g/mol. The molecule has 2 atom stereocenters. The van der Waals surface area contributed by atoms with Crippen LogP contribution < -0.4 is 20.3 Å². The summed E-state index contributed by atoms with van der Waals surface area (Å²) in [6.07, 6.45) is 6.99. The van der Waals surface area contributed by atoms with Crippen LogP contribution in [0.15, 0.2) is 43.0 Å². The number of hydrogen-bond donors (Lipinski definition) is 2. The third kappa shape index (κ3) is 3.95. The number of aryl methyl sites for hydroxylation is 1. The maximum absolute atomic E-state index is 13.3. The summed E-state index contributed by atoms with van der Waals surface area (Å²) in [5, 5.41) is 6.53. The molecule has 4 heterocycles. The number of carbonyl (C=O) groups is 1. The standard InChI is InChI=1S/C24H27N7O2/c1-14-10-30(11-15(2)27-14)19-6-5-17(22-23(19)26-8-7-25-22)24(32)29-18-13-31-12-16(3)28-21(31)9-20(18)33-4/h5-9,12-15,27H,10-11H2,1-4H3,(H,29,32)/t14-,15+. The summed E-state index contributed by atoms with van der Waals surface area (Å²) in [4.78, 5) is 29.2. The second-order valence-corrected chi connectivity index (χ2v) is 8.62. The average Bonchev–Trinajstić information content (AvgIpc) is 3.15. The van der Waals surface area contributed by atoms with Crippen LogP contribution in [-0.2, 0) is 0 Å². The fourth-order valence-electron chi connectivity index (χ4n) is 4.60. The Hall–Kier alpha value is -3.72. The van der Waals surface area contributed by atoms with E-state index < -0.39 is 0 Å². The Balaban J connectivity index is 1.52. The molecule has 0 spiro atoms. The number of nitrogens with one attached hydrogen (secondary N) is 2. The van der Waals surface area contributed by atoms with Gasteiger partial charge in [0.1, 0.15) is 28.1 Å². The molecule has 0 bridgehead atoms. The van der Waals surface area contributed by atoms with E-state index in [2.05, 4.69) is 44.3 Å². The summed E-state index contributed by atoms with van der Waals surface area (Å²) in [7, 11) is 1.57. The number of imidazole rings is 1. The number of piperazine rings is 1. The second-order valence-electron chi connectivity index (χ2n) is 8.62. The van der Waals surface area contributed by atoms with Crippen LogP contribution in [0.2, 0.25) is 0 Å². The molecule has 1 aliphatic heterocycles. The lowest BCUT2D eigenvalue weighted by Gasteiger charge is -2.38. The van der Waals surface area contributed by atoms with Crippen molar-refractivity contribution in [2.24, 2.45) is 0 Å². The fraction of sp³-hybridized carbons (Fsp3) is 0.333.